The number of nitrogens with zero attached hydrogens (tertiary/aromatic N) is 2. The minimum Gasteiger partial charge on any atom is -0.453 e. The van der Waals surface area contributed by atoms with Crippen LogP contribution in [0.4, 0.5) is 21.0 Å². The first kappa shape index (κ1) is 28.1. The number of hydrogen-bond donors (Lipinski definition) is 4. The van der Waals surface area contributed by atoms with Crippen molar-refractivity contribution in [2.75, 3.05) is 17.7 Å². The molecule has 212 valence electrons. The van der Waals surface area contributed by atoms with Gasteiger partial charge in [0.1, 0.15) is 11.4 Å². The van der Waals surface area contributed by atoms with Gasteiger partial charge in [0, 0.05) is 28.0 Å². The second-order valence-corrected chi connectivity index (χ2v) is 11.2. The fourth-order valence-electron chi connectivity index (χ4n) is 4.74. The smallest absolute Gasteiger partial charge is 0.412 e. The average molecular weight is 576 g/mol. The molecule has 2 aromatic carbocycles. The molecule has 1 atom stereocenters. The van der Waals surface area contributed by atoms with Gasteiger partial charge < -0.3 is 19.6 Å². The maximum Gasteiger partial charge on any atom is 0.412 e. The van der Waals surface area contributed by atoms with Crippen molar-refractivity contribution in [3.05, 3.63) is 83.0 Å². The highest BCUT2D eigenvalue weighted by Gasteiger charge is 2.42. The van der Waals surface area contributed by atoms with Gasteiger partial charge in [0.05, 0.1) is 30.4 Å². The van der Waals surface area contributed by atoms with E-state index in [1.165, 1.54) is 7.11 Å². The highest BCUT2D eigenvalue weighted by atomic mass is 35.5. The summed E-state index contributed by atoms with van der Waals surface area (Å²) in [5.41, 5.74) is 3.41. The Morgan fingerprint density at radius 2 is 1.76 bits per heavy atom. The van der Waals surface area contributed by atoms with E-state index in [2.05, 4.69) is 30.3 Å². The van der Waals surface area contributed by atoms with Crippen molar-refractivity contribution in [2.45, 2.75) is 44.8 Å². The number of aliphatic hydroxyl groups is 1. The van der Waals surface area contributed by atoms with Gasteiger partial charge in [-0.1, -0.05) is 23.7 Å². The fourth-order valence-corrected chi connectivity index (χ4v) is 4.92. The van der Waals surface area contributed by atoms with Crippen molar-refractivity contribution in [1.82, 2.24) is 15.0 Å². The van der Waals surface area contributed by atoms with Crippen molar-refractivity contribution in [3.63, 3.8) is 0 Å². The van der Waals surface area contributed by atoms with Crippen molar-refractivity contribution >= 4 is 35.2 Å². The molecule has 0 saturated heterocycles. The number of halogens is 1. The minimum atomic E-state index is -1.40. The standard InChI is InChI=1S/C30H30ClN5O5/c1-29(2,3)41-28(38)36-23-10-7-20(31)14-22(23)19-13-18-11-12-30(39,25(18)32-15-19)26-33-16-24(35-26)17-5-8-21(9-6-17)34-27(37)40-4/h5-10,13-16,39H,11-12H2,1-4H3,(H,33,35)(H,34,37)(H,36,38). The van der Waals surface area contributed by atoms with Gasteiger partial charge in [-0.05, 0) is 81.1 Å². The molecule has 11 heteroatoms. The zero-order valence-electron chi connectivity index (χ0n) is 23.0. The second-order valence-electron chi connectivity index (χ2n) is 10.7. The van der Waals surface area contributed by atoms with E-state index >= 15 is 0 Å². The predicted molar refractivity (Wildman–Crippen MR) is 156 cm³/mol. The molecule has 41 heavy (non-hydrogen) atoms. The molecule has 1 unspecified atom stereocenters. The summed E-state index contributed by atoms with van der Waals surface area (Å²) in [7, 11) is 1.30. The average Bonchev–Trinajstić information content (AvgIpc) is 3.55. The molecule has 0 bridgehead atoms. The third-order valence-corrected chi connectivity index (χ3v) is 6.87. The molecule has 0 saturated carbocycles. The maximum atomic E-state index is 12.5. The summed E-state index contributed by atoms with van der Waals surface area (Å²) in [6.45, 7) is 5.39. The van der Waals surface area contributed by atoms with Crippen LogP contribution in [0.5, 0.6) is 0 Å². The first-order valence-corrected chi connectivity index (χ1v) is 13.4. The molecular formula is C30H30ClN5O5. The number of carbonyl (C=O) groups excluding carboxylic acids is 2. The number of anilines is 2. The van der Waals surface area contributed by atoms with Gasteiger partial charge in [-0.15, -0.1) is 0 Å². The Morgan fingerprint density at radius 3 is 2.46 bits per heavy atom. The van der Waals surface area contributed by atoms with Crippen molar-refractivity contribution in [2.24, 2.45) is 0 Å². The largest absolute Gasteiger partial charge is 0.453 e. The number of hydrogen-bond acceptors (Lipinski definition) is 7. The lowest BCUT2D eigenvalue weighted by Gasteiger charge is -2.21. The third-order valence-electron chi connectivity index (χ3n) is 6.64. The Labute approximate surface area is 242 Å². The number of amides is 2. The normalized spacial score (nSPS) is 16.1. The molecule has 0 aliphatic heterocycles. The van der Waals surface area contributed by atoms with Gasteiger partial charge >= 0.3 is 12.2 Å². The van der Waals surface area contributed by atoms with E-state index in [9.17, 15) is 14.7 Å². The molecule has 4 aromatic rings. The van der Waals surface area contributed by atoms with Crippen LogP contribution < -0.4 is 10.6 Å². The summed E-state index contributed by atoms with van der Waals surface area (Å²) < 4.78 is 10.0. The molecule has 0 fully saturated rings. The van der Waals surface area contributed by atoms with Crippen LogP contribution >= 0.6 is 11.6 Å². The summed E-state index contributed by atoms with van der Waals surface area (Å²) in [6.07, 6.45) is 3.15. The maximum absolute atomic E-state index is 12.5. The molecule has 4 N–H and O–H groups in total. The number of aromatic nitrogens is 3. The number of pyridine rings is 1. The molecule has 2 heterocycles. The molecule has 0 spiro atoms. The summed E-state index contributed by atoms with van der Waals surface area (Å²) >= 11 is 6.30. The van der Waals surface area contributed by atoms with Crippen LogP contribution in [-0.4, -0.2) is 45.0 Å². The van der Waals surface area contributed by atoms with Crippen LogP contribution in [0.2, 0.25) is 5.02 Å². The van der Waals surface area contributed by atoms with Crippen molar-refractivity contribution < 1.29 is 24.2 Å². The van der Waals surface area contributed by atoms with Gasteiger partial charge in [0.25, 0.3) is 0 Å². The molecule has 0 radical (unpaired) electrons. The van der Waals surface area contributed by atoms with E-state index in [1.807, 2.05) is 18.2 Å². The lowest BCUT2D eigenvalue weighted by molar-refractivity contribution is 0.0635. The molecule has 10 nitrogen and oxygen atoms in total. The number of aromatic amines is 1. The zero-order valence-corrected chi connectivity index (χ0v) is 23.8. The Balaban J connectivity index is 1.40. The predicted octanol–water partition coefficient (Wildman–Crippen LogP) is 6.50. The Hall–Kier alpha value is -4.41. The van der Waals surface area contributed by atoms with E-state index < -0.39 is 23.4 Å². The highest BCUT2D eigenvalue weighted by Crippen LogP contribution is 2.42. The van der Waals surface area contributed by atoms with Crippen LogP contribution in [0.3, 0.4) is 0 Å². The second kappa shape index (κ2) is 10.9. The Bertz CT molecular complexity index is 1610. The lowest BCUT2D eigenvalue weighted by atomic mass is 9.98. The van der Waals surface area contributed by atoms with Gasteiger partial charge in [-0.2, -0.15) is 0 Å². The topological polar surface area (TPSA) is 138 Å². The minimum absolute atomic E-state index is 0.387. The van der Waals surface area contributed by atoms with Crippen molar-refractivity contribution in [3.8, 4) is 22.4 Å². The van der Waals surface area contributed by atoms with E-state index in [4.69, 9.17) is 16.3 Å². The van der Waals surface area contributed by atoms with Crippen LogP contribution in [0.25, 0.3) is 22.4 Å². The van der Waals surface area contributed by atoms with Gasteiger partial charge in [0.2, 0.25) is 0 Å². The number of ether oxygens (including phenoxy) is 2. The van der Waals surface area contributed by atoms with E-state index in [1.54, 1.807) is 63.5 Å². The monoisotopic (exact) mass is 575 g/mol. The van der Waals surface area contributed by atoms with E-state index in [0.717, 1.165) is 16.7 Å². The van der Waals surface area contributed by atoms with Crippen LogP contribution in [-0.2, 0) is 21.5 Å². The number of benzene rings is 2. The van der Waals surface area contributed by atoms with Gasteiger partial charge in [0.15, 0.2) is 5.60 Å². The number of carbonyl (C=O) groups is 2. The summed E-state index contributed by atoms with van der Waals surface area (Å²) in [5, 5.41) is 17.6. The SMILES string of the molecule is COC(=O)Nc1ccc(-c2cnc(C3(O)CCc4cc(-c5cc(Cl)ccc5NC(=O)OC(C)(C)C)cnc43)[nH]2)cc1. The fraction of sp³-hybridized carbons (Fsp3) is 0.267. The van der Waals surface area contributed by atoms with Crippen LogP contribution in [0.15, 0.2) is 60.9 Å². The summed E-state index contributed by atoms with van der Waals surface area (Å²) in [6, 6.07) is 14.3. The van der Waals surface area contributed by atoms with E-state index in [0.29, 0.717) is 52.0 Å². The van der Waals surface area contributed by atoms with Gasteiger partial charge in [-0.25, -0.2) is 14.6 Å². The van der Waals surface area contributed by atoms with Gasteiger partial charge in [-0.3, -0.25) is 15.6 Å². The van der Waals surface area contributed by atoms with E-state index in [-0.39, 0.29) is 0 Å². The molecular weight excluding hydrogens is 546 g/mol. The number of methoxy groups -OCH3 is 1. The lowest BCUT2D eigenvalue weighted by Crippen LogP contribution is -2.27. The van der Waals surface area contributed by atoms with Crippen LogP contribution in [0, 0.1) is 0 Å². The third kappa shape index (κ3) is 6.03. The molecule has 2 aromatic heterocycles. The quantitative estimate of drug-likeness (QED) is 0.213. The highest BCUT2D eigenvalue weighted by molar-refractivity contribution is 6.31. The number of rotatable bonds is 5. The molecule has 5 rings (SSSR count). The Morgan fingerprint density at radius 1 is 1.00 bits per heavy atom. The summed E-state index contributed by atoms with van der Waals surface area (Å²) in [5.74, 6) is 0.387. The first-order chi connectivity index (χ1) is 19.4. The number of imidazole rings is 1. The number of fused-ring (bicyclic) bond motifs is 1. The Kier molecular flexibility index (Phi) is 7.46. The number of H-pyrrole nitrogens is 1. The number of aryl methyl sites for hydroxylation is 1. The number of nitrogens with one attached hydrogen (secondary N) is 3. The molecule has 1 aliphatic rings. The molecule has 1 aliphatic carbocycles. The van der Waals surface area contributed by atoms with Crippen LogP contribution in [0.1, 0.15) is 44.3 Å². The first-order valence-electron chi connectivity index (χ1n) is 13.0. The zero-order chi connectivity index (χ0) is 29.4. The van der Waals surface area contributed by atoms with Crippen molar-refractivity contribution in [1.29, 1.82) is 0 Å². The molecule has 2 amide bonds. The summed E-state index contributed by atoms with van der Waals surface area (Å²) in [4.78, 5) is 36.3.